The molecule has 1 unspecified atom stereocenters. The fourth-order valence-electron chi connectivity index (χ4n) is 2.76. The van der Waals surface area contributed by atoms with E-state index in [-0.39, 0.29) is 23.5 Å². The molecule has 0 fully saturated rings. The minimum atomic E-state index is -0.937. The van der Waals surface area contributed by atoms with Gasteiger partial charge in [-0.1, -0.05) is 12.1 Å². The van der Waals surface area contributed by atoms with Crippen molar-refractivity contribution >= 4 is 16.9 Å². The van der Waals surface area contributed by atoms with E-state index in [1.165, 1.54) is 12.5 Å². The molecule has 7 nitrogen and oxygen atoms in total. The highest BCUT2D eigenvalue weighted by Gasteiger charge is 2.24. The molecule has 0 aliphatic heterocycles. The number of carbonyl (C=O) groups excluding carboxylic acids is 1. The van der Waals surface area contributed by atoms with Crippen LogP contribution in [0.15, 0.2) is 79.1 Å². The van der Waals surface area contributed by atoms with E-state index in [0.29, 0.717) is 22.5 Å². The predicted octanol–water partition coefficient (Wildman–Crippen LogP) is 3.73. The van der Waals surface area contributed by atoms with Crippen molar-refractivity contribution in [3.63, 3.8) is 0 Å². The van der Waals surface area contributed by atoms with Gasteiger partial charge in [0.05, 0.1) is 24.5 Å². The van der Waals surface area contributed by atoms with Gasteiger partial charge in [0.25, 0.3) is 5.91 Å². The first kappa shape index (κ1) is 17.7. The van der Waals surface area contributed by atoms with E-state index in [9.17, 15) is 9.59 Å². The molecule has 3 aromatic heterocycles. The maximum atomic E-state index is 13.0. The average Bonchev–Trinajstić information content (AvgIpc) is 3.42. The van der Waals surface area contributed by atoms with E-state index in [4.69, 9.17) is 18.0 Å². The molecule has 1 aromatic carbocycles. The first-order valence-corrected chi connectivity index (χ1v) is 8.70. The van der Waals surface area contributed by atoms with Crippen molar-refractivity contribution in [3.8, 4) is 17.3 Å². The SMILES string of the molecule is CC(Oc1c(-c2ccco2)oc2ccccc2c1=O)C(=O)NCc1ccco1. The van der Waals surface area contributed by atoms with Crippen LogP contribution in [-0.4, -0.2) is 12.0 Å². The zero-order valence-electron chi connectivity index (χ0n) is 15.0. The van der Waals surface area contributed by atoms with Gasteiger partial charge in [0.1, 0.15) is 11.3 Å². The summed E-state index contributed by atoms with van der Waals surface area (Å²) in [5.74, 6) is 0.617. The smallest absolute Gasteiger partial charge is 0.261 e. The number of carbonyl (C=O) groups is 1. The van der Waals surface area contributed by atoms with Crippen molar-refractivity contribution in [2.24, 2.45) is 0 Å². The summed E-state index contributed by atoms with van der Waals surface area (Å²) in [6.07, 6.45) is 2.05. The maximum Gasteiger partial charge on any atom is 0.261 e. The number of amides is 1. The molecule has 0 radical (unpaired) electrons. The minimum Gasteiger partial charge on any atom is -0.473 e. The van der Waals surface area contributed by atoms with Crippen LogP contribution in [0.2, 0.25) is 0 Å². The van der Waals surface area contributed by atoms with E-state index in [1.807, 2.05) is 0 Å². The van der Waals surface area contributed by atoms with Gasteiger partial charge in [-0.3, -0.25) is 9.59 Å². The van der Waals surface area contributed by atoms with Crippen LogP contribution in [0.4, 0.5) is 0 Å². The molecule has 1 atom stereocenters. The lowest BCUT2D eigenvalue weighted by Crippen LogP contribution is -2.36. The topological polar surface area (TPSA) is 94.8 Å². The molecule has 4 rings (SSSR count). The monoisotopic (exact) mass is 379 g/mol. The number of rotatable bonds is 6. The molecule has 7 heteroatoms. The van der Waals surface area contributed by atoms with Gasteiger partial charge in [-0.2, -0.15) is 0 Å². The van der Waals surface area contributed by atoms with Gasteiger partial charge < -0.3 is 23.3 Å². The molecule has 0 saturated carbocycles. The van der Waals surface area contributed by atoms with Crippen LogP contribution in [-0.2, 0) is 11.3 Å². The second-order valence-corrected chi connectivity index (χ2v) is 6.12. The van der Waals surface area contributed by atoms with Crippen molar-refractivity contribution in [3.05, 3.63) is 77.0 Å². The fraction of sp³-hybridized carbons (Fsp3) is 0.143. The molecule has 0 saturated heterocycles. The molecule has 0 spiro atoms. The molecule has 28 heavy (non-hydrogen) atoms. The molecule has 0 aliphatic rings. The second-order valence-electron chi connectivity index (χ2n) is 6.12. The first-order chi connectivity index (χ1) is 13.6. The number of ether oxygens (including phenoxy) is 1. The lowest BCUT2D eigenvalue weighted by molar-refractivity contribution is -0.127. The summed E-state index contributed by atoms with van der Waals surface area (Å²) >= 11 is 0. The largest absolute Gasteiger partial charge is 0.473 e. The van der Waals surface area contributed by atoms with Crippen molar-refractivity contribution in [2.45, 2.75) is 19.6 Å². The van der Waals surface area contributed by atoms with Gasteiger partial charge in [-0.05, 0) is 43.3 Å². The Balaban J connectivity index is 1.65. The number of nitrogens with one attached hydrogen (secondary N) is 1. The Morgan fingerprint density at radius 2 is 1.86 bits per heavy atom. The van der Waals surface area contributed by atoms with Crippen LogP contribution in [0.3, 0.4) is 0 Å². The standard InChI is InChI=1S/C21H17NO6/c1-13(21(24)22-12-14-6-4-10-25-14)27-20-18(23)15-7-2-3-8-16(15)28-19(20)17-9-5-11-26-17/h2-11,13H,12H2,1H3,(H,22,24). The molecule has 1 amide bonds. The summed E-state index contributed by atoms with van der Waals surface area (Å²) in [5, 5.41) is 3.06. The quantitative estimate of drug-likeness (QED) is 0.548. The van der Waals surface area contributed by atoms with Crippen LogP contribution in [0.5, 0.6) is 5.75 Å². The minimum absolute atomic E-state index is 0.0747. The lowest BCUT2D eigenvalue weighted by atomic mass is 10.2. The summed E-state index contributed by atoms with van der Waals surface area (Å²) in [7, 11) is 0. The van der Waals surface area contributed by atoms with E-state index >= 15 is 0 Å². The normalized spacial score (nSPS) is 12.0. The number of furan rings is 2. The molecular formula is C21H17NO6. The van der Waals surface area contributed by atoms with Crippen molar-refractivity contribution < 1.29 is 22.8 Å². The predicted molar refractivity (Wildman–Crippen MR) is 101 cm³/mol. The molecule has 3 heterocycles. The summed E-state index contributed by atoms with van der Waals surface area (Å²) < 4.78 is 22.1. The maximum absolute atomic E-state index is 13.0. The van der Waals surface area contributed by atoms with E-state index in [0.717, 1.165) is 0 Å². The van der Waals surface area contributed by atoms with Gasteiger partial charge in [-0.25, -0.2) is 0 Å². The van der Waals surface area contributed by atoms with E-state index < -0.39 is 12.0 Å². The van der Waals surface area contributed by atoms with Crippen LogP contribution >= 0.6 is 0 Å². The number of para-hydroxylation sites is 1. The molecule has 142 valence electrons. The summed E-state index contributed by atoms with van der Waals surface area (Å²) in [6, 6.07) is 13.6. The van der Waals surface area contributed by atoms with Gasteiger partial charge in [-0.15, -0.1) is 0 Å². The molecule has 4 aromatic rings. The third-order valence-corrected chi connectivity index (χ3v) is 4.18. The Morgan fingerprint density at radius 3 is 2.61 bits per heavy atom. The summed E-state index contributed by atoms with van der Waals surface area (Å²) in [5.41, 5.74) is 0.0279. The Hall–Kier alpha value is -3.74. The Labute approximate surface area is 159 Å². The number of hydrogen-bond acceptors (Lipinski definition) is 6. The van der Waals surface area contributed by atoms with Crippen molar-refractivity contribution in [1.82, 2.24) is 5.32 Å². The Morgan fingerprint density at radius 1 is 1.07 bits per heavy atom. The van der Waals surface area contributed by atoms with Crippen molar-refractivity contribution in [2.75, 3.05) is 0 Å². The highest BCUT2D eigenvalue weighted by Crippen LogP contribution is 2.31. The Kier molecular flexibility index (Phi) is 4.72. The fourth-order valence-corrected chi connectivity index (χ4v) is 2.76. The van der Waals surface area contributed by atoms with Crippen LogP contribution in [0.25, 0.3) is 22.5 Å². The van der Waals surface area contributed by atoms with Gasteiger partial charge in [0, 0.05) is 0 Å². The zero-order valence-corrected chi connectivity index (χ0v) is 15.0. The van der Waals surface area contributed by atoms with Crippen LogP contribution in [0.1, 0.15) is 12.7 Å². The Bertz CT molecular complexity index is 1140. The highest BCUT2D eigenvalue weighted by atomic mass is 16.5. The van der Waals surface area contributed by atoms with Crippen LogP contribution < -0.4 is 15.5 Å². The average molecular weight is 379 g/mol. The number of fused-ring (bicyclic) bond motifs is 1. The molecule has 0 aliphatic carbocycles. The molecule has 1 N–H and O–H groups in total. The molecular weight excluding hydrogens is 362 g/mol. The summed E-state index contributed by atoms with van der Waals surface area (Å²) in [6.45, 7) is 1.77. The van der Waals surface area contributed by atoms with Crippen molar-refractivity contribution in [1.29, 1.82) is 0 Å². The van der Waals surface area contributed by atoms with E-state index in [1.54, 1.807) is 55.5 Å². The third kappa shape index (κ3) is 3.42. The second kappa shape index (κ2) is 7.48. The summed E-state index contributed by atoms with van der Waals surface area (Å²) in [4.78, 5) is 25.4. The van der Waals surface area contributed by atoms with Gasteiger partial charge in [0.15, 0.2) is 11.9 Å². The lowest BCUT2D eigenvalue weighted by Gasteiger charge is -2.15. The zero-order chi connectivity index (χ0) is 19.5. The van der Waals surface area contributed by atoms with Gasteiger partial charge >= 0.3 is 0 Å². The first-order valence-electron chi connectivity index (χ1n) is 8.70. The van der Waals surface area contributed by atoms with Crippen LogP contribution in [0, 0.1) is 0 Å². The molecule has 0 bridgehead atoms. The third-order valence-electron chi connectivity index (χ3n) is 4.18. The van der Waals surface area contributed by atoms with Gasteiger partial charge in [0.2, 0.25) is 16.9 Å². The number of hydrogen-bond donors (Lipinski definition) is 1. The number of benzene rings is 1. The highest BCUT2D eigenvalue weighted by molar-refractivity contribution is 5.83. The van der Waals surface area contributed by atoms with E-state index in [2.05, 4.69) is 5.32 Å².